The maximum atomic E-state index is 12.6. The van der Waals surface area contributed by atoms with Crippen LogP contribution in [0.15, 0.2) is 48.8 Å². The first-order valence-corrected chi connectivity index (χ1v) is 10.3. The lowest BCUT2D eigenvalue weighted by atomic mass is 9.92. The highest BCUT2D eigenvalue weighted by atomic mass is 16.5. The van der Waals surface area contributed by atoms with E-state index in [1.807, 2.05) is 43.5 Å². The maximum absolute atomic E-state index is 12.6. The number of rotatable bonds is 6. The molecule has 0 spiro atoms. The van der Waals surface area contributed by atoms with Crippen LogP contribution >= 0.6 is 0 Å². The summed E-state index contributed by atoms with van der Waals surface area (Å²) in [6, 6.07) is 11.5. The average molecular weight is 393 g/mol. The minimum Gasteiger partial charge on any atom is -0.489 e. The molecule has 1 aliphatic rings. The lowest BCUT2D eigenvalue weighted by Gasteiger charge is -2.30. The molecule has 0 saturated heterocycles. The zero-order chi connectivity index (χ0) is 20.2. The number of aryl methyl sites for hydroxylation is 1. The molecule has 4 rings (SSSR count). The van der Waals surface area contributed by atoms with E-state index < -0.39 is 6.04 Å². The third-order valence-electron chi connectivity index (χ3n) is 5.72. The minimum atomic E-state index is -0.554. The fraction of sp³-hybridized carbons (Fsp3) is 0.391. The van der Waals surface area contributed by atoms with Crippen LogP contribution in [0.2, 0.25) is 0 Å². The zero-order valence-corrected chi connectivity index (χ0v) is 16.7. The molecule has 29 heavy (non-hydrogen) atoms. The van der Waals surface area contributed by atoms with Crippen molar-refractivity contribution >= 4 is 16.8 Å². The number of benzene rings is 1. The van der Waals surface area contributed by atoms with Gasteiger partial charge in [0.1, 0.15) is 5.75 Å². The lowest BCUT2D eigenvalue weighted by molar-refractivity contribution is -0.123. The van der Waals surface area contributed by atoms with Gasteiger partial charge in [-0.3, -0.25) is 9.78 Å². The molecule has 1 saturated carbocycles. The number of amides is 1. The maximum Gasteiger partial charge on any atom is 0.237 e. The molecular weight excluding hydrogens is 364 g/mol. The number of nitrogens with one attached hydrogen (secondary N) is 2. The fourth-order valence-corrected chi connectivity index (χ4v) is 4.04. The van der Waals surface area contributed by atoms with E-state index in [0.717, 1.165) is 53.6 Å². The number of pyridine rings is 1. The molecule has 0 unspecified atom stereocenters. The van der Waals surface area contributed by atoms with Crippen molar-refractivity contribution in [3.8, 4) is 5.75 Å². The Bertz CT molecular complexity index is 976. The number of hydrogen-bond acceptors (Lipinski definition) is 4. The second-order valence-corrected chi connectivity index (χ2v) is 7.86. The van der Waals surface area contributed by atoms with Crippen LogP contribution in [-0.4, -0.2) is 34.1 Å². The van der Waals surface area contributed by atoms with Crippen molar-refractivity contribution in [1.82, 2.24) is 15.3 Å². The van der Waals surface area contributed by atoms with Gasteiger partial charge in [-0.15, -0.1) is 0 Å². The lowest BCUT2D eigenvalue weighted by Crippen LogP contribution is -2.48. The molecule has 1 amide bonds. The van der Waals surface area contributed by atoms with Gasteiger partial charge in [-0.05, 0) is 62.8 Å². The summed E-state index contributed by atoms with van der Waals surface area (Å²) in [6.45, 7) is 1.95. The molecule has 3 aromatic rings. The number of nitrogens with zero attached hydrogens (tertiary/aromatic N) is 1. The molecular formula is C23H28N4O2. The molecule has 2 aromatic heterocycles. The molecule has 152 valence electrons. The van der Waals surface area contributed by atoms with Gasteiger partial charge in [0.2, 0.25) is 5.91 Å². The second kappa shape index (κ2) is 8.66. The topological polar surface area (TPSA) is 93.0 Å². The van der Waals surface area contributed by atoms with E-state index in [-0.39, 0.29) is 18.1 Å². The van der Waals surface area contributed by atoms with Gasteiger partial charge in [0.15, 0.2) is 0 Å². The first-order valence-electron chi connectivity index (χ1n) is 10.3. The Morgan fingerprint density at radius 1 is 1.24 bits per heavy atom. The summed E-state index contributed by atoms with van der Waals surface area (Å²) in [6.07, 6.45) is 8.04. The molecule has 1 aliphatic carbocycles. The second-order valence-electron chi connectivity index (χ2n) is 7.86. The number of hydrogen-bond donors (Lipinski definition) is 3. The summed E-state index contributed by atoms with van der Waals surface area (Å²) in [5.74, 6) is 0.767. The van der Waals surface area contributed by atoms with Crippen molar-refractivity contribution in [2.45, 2.75) is 57.2 Å². The van der Waals surface area contributed by atoms with Gasteiger partial charge >= 0.3 is 0 Å². The van der Waals surface area contributed by atoms with Crippen molar-refractivity contribution in [3.63, 3.8) is 0 Å². The molecule has 1 fully saturated rings. The van der Waals surface area contributed by atoms with Crippen molar-refractivity contribution in [3.05, 3.63) is 60.0 Å². The Labute approximate surface area is 170 Å². The van der Waals surface area contributed by atoms with Crippen molar-refractivity contribution in [2.75, 3.05) is 0 Å². The summed E-state index contributed by atoms with van der Waals surface area (Å²) in [4.78, 5) is 20.1. The number of aromatic nitrogens is 2. The number of para-hydroxylation sites is 1. The van der Waals surface area contributed by atoms with Crippen LogP contribution in [0, 0.1) is 6.92 Å². The van der Waals surface area contributed by atoms with Gasteiger partial charge in [0, 0.05) is 29.3 Å². The van der Waals surface area contributed by atoms with Crippen LogP contribution in [0.4, 0.5) is 0 Å². The normalized spacial score (nSPS) is 20.3. The molecule has 2 heterocycles. The van der Waals surface area contributed by atoms with Crippen LogP contribution in [0.5, 0.6) is 5.75 Å². The summed E-state index contributed by atoms with van der Waals surface area (Å²) < 4.78 is 6.09. The number of carbonyl (C=O) groups is 1. The van der Waals surface area contributed by atoms with Gasteiger partial charge in [-0.2, -0.15) is 0 Å². The van der Waals surface area contributed by atoms with Gasteiger partial charge in [-0.1, -0.05) is 18.2 Å². The van der Waals surface area contributed by atoms with Crippen molar-refractivity contribution in [1.29, 1.82) is 0 Å². The van der Waals surface area contributed by atoms with Crippen LogP contribution in [0.3, 0.4) is 0 Å². The largest absolute Gasteiger partial charge is 0.489 e. The van der Waals surface area contributed by atoms with Crippen LogP contribution in [0.1, 0.15) is 36.9 Å². The van der Waals surface area contributed by atoms with Crippen LogP contribution in [0.25, 0.3) is 10.9 Å². The third kappa shape index (κ3) is 4.59. The highest BCUT2D eigenvalue weighted by Crippen LogP contribution is 2.25. The average Bonchev–Trinajstić information content (AvgIpc) is 3.14. The summed E-state index contributed by atoms with van der Waals surface area (Å²) in [5.41, 5.74) is 9.26. The minimum absolute atomic E-state index is 0.0808. The predicted molar refractivity (Wildman–Crippen MR) is 114 cm³/mol. The first kappa shape index (κ1) is 19.5. The fourth-order valence-electron chi connectivity index (χ4n) is 4.04. The molecule has 4 N–H and O–H groups in total. The first-order chi connectivity index (χ1) is 14.1. The summed E-state index contributed by atoms with van der Waals surface area (Å²) in [5, 5.41) is 4.26. The van der Waals surface area contributed by atoms with Gasteiger partial charge in [0.05, 0.1) is 17.8 Å². The Kier molecular flexibility index (Phi) is 5.81. The highest BCUT2D eigenvalue weighted by molar-refractivity contribution is 5.86. The molecule has 0 bridgehead atoms. The molecule has 0 radical (unpaired) electrons. The van der Waals surface area contributed by atoms with E-state index >= 15 is 0 Å². The summed E-state index contributed by atoms with van der Waals surface area (Å²) >= 11 is 0. The van der Waals surface area contributed by atoms with E-state index in [1.54, 1.807) is 6.20 Å². The quantitative estimate of drug-likeness (QED) is 0.600. The van der Waals surface area contributed by atoms with Gasteiger partial charge < -0.3 is 20.8 Å². The third-order valence-corrected chi connectivity index (χ3v) is 5.72. The smallest absolute Gasteiger partial charge is 0.237 e. The Balaban J connectivity index is 1.26. The van der Waals surface area contributed by atoms with Crippen molar-refractivity contribution in [2.24, 2.45) is 5.73 Å². The Hall–Kier alpha value is -2.86. The van der Waals surface area contributed by atoms with E-state index in [0.29, 0.717) is 6.42 Å². The van der Waals surface area contributed by atoms with Gasteiger partial charge in [-0.25, -0.2) is 0 Å². The Morgan fingerprint density at radius 2 is 2.03 bits per heavy atom. The SMILES string of the molecule is Cc1ncccc1OC1CCC(NC(=O)[C@@H](N)Cc2c[nH]c3ccccc23)CC1. The predicted octanol–water partition coefficient (Wildman–Crippen LogP) is 3.25. The van der Waals surface area contributed by atoms with Crippen LogP contribution < -0.4 is 15.8 Å². The van der Waals surface area contributed by atoms with E-state index in [2.05, 4.69) is 21.4 Å². The van der Waals surface area contributed by atoms with Crippen molar-refractivity contribution < 1.29 is 9.53 Å². The van der Waals surface area contributed by atoms with E-state index in [4.69, 9.17) is 10.5 Å². The molecule has 6 heteroatoms. The number of ether oxygens (including phenoxy) is 1. The number of carbonyl (C=O) groups excluding carboxylic acids is 1. The summed E-state index contributed by atoms with van der Waals surface area (Å²) in [7, 11) is 0. The highest BCUT2D eigenvalue weighted by Gasteiger charge is 2.26. The number of H-pyrrole nitrogens is 1. The zero-order valence-electron chi connectivity index (χ0n) is 16.7. The molecule has 1 atom stereocenters. The van der Waals surface area contributed by atoms with E-state index in [1.165, 1.54) is 0 Å². The number of nitrogens with two attached hydrogens (primary N) is 1. The van der Waals surface area contributed by atoms with Crippen LogP contribution in [-0.2, 0) is 11.2 Å². The number of fused-ring (bicyclic) bond motifs is 1. The molecule has 1 aromatic carbocycles. The monoisotopic (exact) mass is 392 g/mol. The van der Waals surface area contributed by atoms with E-state index in [9.17, 15) is 4.79 Å². The standard InChI is InChI=1S/C23H28N4O2/c1-15-22(7-4-12-25-15)29-18-10-8-17(9-11-18)27-23(28)20(24)13-16-14-26-21-6-3-2-5-19(16)21/h2-7,12,14,17-18,20,26H,8-11,13,24H2,1H3,(H,27,28)/t17?,18?,20-/m0/s1. The molecule has 6 nitrogen and oxygen atoms in total. The Morgan fingerprint density at radius 3 is 2.83 bits per heavy atom. The molecule has 0 aliphatic heterocycles. The number of aromatic amines is 1. The van der Waals surface area contributed by atoms with Gasteiger partial charge in [0.25, 0.3) is 0 Å².